The molecule has 150 valence electrons. The number of hydrogen-bond acceptors (Lipinski definition) is 3. The van der Waals surface area contributed by atoms with Crippen LogP contribution < -0.4 is 4.42 Å². The van der Waals surface area contributed by atoms with Crippen LogP contribution in [0.1, 0.15) is 44.1 Å². The molecule has 2 unspecified atom stereocenters. The predicted molar refractivity (Wildman–Crippen MR) is 117 cm³/mol. The Labute approximate surface area is 180 Å². The van der Waals surface area contributed by atoms with Crippen LogP contribution in [0.4, 0.5) is 5.69 Å². The van der Waals surface area contributed by atoms with E-state index in [0.29, 0.717) is 17.4 Å². The van der Waals surface area contributed by atoms with Gasteiger partial charge >= 0.3 is 0 Å². The van der Waals surface area contributed by atoms with Crippen molar-refractivity contribution in [1.29, 1.82) is 0 Å². The van der Waals surface area contributed by atoms with E-state index in [1.165, 1.54) is 25.3 Å². The largest absolute Gasteiger partial charge is 0.356 e. The van der Waals surface area contributed by atoms with Crippen LogP contribution in [0, 0.1) is 0 Å². The Hall–Kier alpha value is -2.30. The van der Waals surface area contributed by atoms with Crippen molar-refractivity contribution >= 4 is 35.0 Å². The minimum absolute atomic E-state index is 0.147. The standard InChI is InChI=1S/C23H22Cl2N2O2/c1-15(28)27(25)17-8-6-7-16(13-17)23-14-22(26-29-23)20-11-3-2-9-18(20)19-10-4-5-12-21(19)24/h2-3,6-9,11,13-14,19,21H,4-5,10,12H2,1H3. The van der Waals surface area contributed by atoms with E-state index >= 15 is 0 Å². The Balaban J connectivity index is 1.67. The molecule has 1 aliphatic rings. The van der Waals surface area contributed by atoms with Gasteiger partial charge in [-0.15, -0.1) is 11.6 Å². The lowest BCUT2D eigenvalue weighted by Crippen LogP contribution is -2.18. The van der Waals surface area contributed by atoms with Crippen molar-refractivity contribution in [1.82, 2.24) is 5.16 Å². The molecule has 0 aliphatic heterocycles. The zero-order chi connectivity index (χ0) is 20.4. The van der Waals surface area contributed by atoms with Crippen molar-refractivity contribution in [2.45, 2.75) is 43.9 Å². The van der Waals surface area contributed by atoms with Crippen LogP contribution in [0.5, 0.6) is 0 Å². The van der Waals surface area contributed by atoms with Gasteiger partial charge in [0.15, 0.2) is 5.76 Å². The Kier molecular flexibility index (Phi) is 5.93. The number of carbonyl (C=O) groups is 1. The van der Waals surface area contributed by atoms with Gasteiger partial charge in [0.05, 0.1) is 5.69 Å². The van der Waals surface area contributed by atoms with Crippen LogP contribution in [-0.2, 0) is 4.79 Å². The van der Waals surface area contributed by atoms with Gasteiger partial charge in [-0.2, -0.15) is 0 Å². The third-order valence-electron chi connectivity index (χ3n) is 5.46. The highest BCUT2D eigenvalue weighted by Gasteiger charge is 2.27. The number of hydrogen-bond donors (Lipinski definition) is 0. The molecule has 6 heteroatoms. The van der Waals surface area contributed by atoms with Crippen LogP contribution in [0.25, 0.3) is 22.6 Å². The van der Waals surface area contributed by atoms with E-state index < -0.39 is 0 Å². The van der Waals surface area contributed by atoms with Gasteiger partial charge < -0.3 is 4.52 Å². The van der Waals surface area contributed by atoms with Gasteiger partial charge in [-0.25, -0.2) is 4.42 Å². The second-order valence-electron chi connectivity index (χ2n) is 7.42. The number of anilines is 1. The van der Waals surface area contributed by atoms with Gasteiger partial charge in [-0.1, -0.05) is 54.4 Å². The van der Waals surface area contributed by atoms with Gasteiger partial charge in [0.1, 0.15) is 5.69 Å². The Morgan fingerprint density at radius 3 is 2.69 bits per heavy atom. The fourth-order valence-electron chi connectivity index (χ4n) is 3.99. The predicted octanol–water partition coefficient (Wildman–Crippen LogP) is 6.78. The summed E-state index contributed by atoms with van der Waals surface area (Å²) in [5.41, 5.74) is 4.45. The second kappa shape index (κ2) is 8.60. The molecule has 0 N–H and O–H groups in total. The van der Waals surface area contributed by atoms with Crippen LogP contribution in [0.2, 0.25) is 0 Å². The third-order valence-corrected chi connectivity index (χ3v) is 6.42. The van der Waals surface area contributed by atoms with Crippen molar-refractivity contribution in [2.24, 2.45) is 0 Å². The SMILES string of the molecule is CC(=O)N(Cl)c1cccc(-c2cc(-c3ccccc3C3CCCCC3Cl)no2)c1. The first kappa shape index (κ1) is 20.0. The minimum Gasteiger partial charge on any atom is -0.356 e. The van der Waals surface area contributed by atoms with Crippen molar-refractivity contribution in [3.05, 3.63) is 60.2 Å². The Morgan fingerprint density at radius 2 is 1.90 bits per heavy atom. The lowest BCUT2D eigenvalue weighted by Gasteiger charge is -2.28. The summed E-state index contributed by atoms with van der Waals surface area (Å²) >= 11 is 12.7. The normalized spacial score (nSPS) is 19.1. The smallest absolute Gasteiger partial charge is 0.238 e. The van der Waals surface area contributed by atoms with E-state index in [2.05, 4.69) is 23.4 Å². The zero-order valence-corrected chi connectivity index (χ0v) is 17.7. The van der Waals surface area contributed by atoms with Gasteiger partial charge in [0, 0.05) is 47.2 Å². The fourth-order valence-corrected chi connectivity index (χ4v) is 4.51. The first-order valence-corrected chi connectivity index (χ1v) is 10.6. The molecule has 3 aromatic rings. The topological polar surface area (TPSA) is 46.3 Å². The van der Waals surface area contributed by atoms with Gasteiger partial charge in [0.25, 0.3) is 0 Å². The number of aromatic nitrogens is 1. The van der Waals surface area contributed by atoms with Crippen molar-refractivity contribution in [2.75, 3.05) is 4.42 Å². The average molecular weight is 429 g/mol. The molecule has 4 rings (SSSR count). The quantitative estimate of drug-likeness (QED) is 0.339. The first-order valence-electron chi connectivity index (χ1n) is 9.81. The highest BCUT2D eigenvalue weighted by Crippen LogP contribution is 2.41. The number of benzene rings is 2. The number of alkyl halides is 1. The molecule has 29 heavy (non-hydrogen) atoms. The summed E-state index contributed by atoms with van der Waals surface area (Å²) in [6, 6.07) is 17.5. The molecule has 0 saturated heterocycles. The van der Waals surface area contributed by atoms with Crippen molar-refractivity contribution in [3.63, 3.8) is 0 Å². The highest BCUT2D eigenvalue weighted by molar-refractivity contribution is 6.36. The van der Waals surface area contributed by atoms with Crippen LogP contribution in [0.15, 0.2) is 59.1 Å². The molecule has 2 aromatic carbocycles. The summed E-state index contributed by atoms with van der Waals surface area (Å²) in [6.07, 6.45) is 4.52. The zero-order valence-electron chi connectivity index (χ0n) is 16.1. The van der Waals surface area contributed by atoms with Gasteiger partial charge in [0.2, 0.25) is 5.91 Å². The van der Waals surface area contributed by atoms with Crippen molar-refractivity contribution in [3.8, 4) is 22.6 Å². The lowest BCUT2D eigenvalue weighted by molar-refractivity contribution is -0.115. The molecule has 1 amide bonds. The Morgan fingerprint density at radius 1 is 1.10 bits per heavy atom. The summed E-state index contributed by atoms with van der Waals surface area (Å²) in [6.45, 7) is 1.42. The summed E-state index contributed by atoms with van der Waals surface area (Å²) < 4.78 is 6.72. The Bertz CT molecular complexity index is 1020. The van der Waals surface area contributed by atoms with Crippen LogP contribution in [0.3, 0.4) is 0 Å². The highest BCUT2D eigenvalue weighted by atomic mass is 35.5. The van der Waals surface area contributed by atoms with E-state index in [1.54, 1.807) is 12.1 Å². The lowest BCUT2D eigenvalue weighted by atomic mass is 9.81. The van der Waals surface area contributed by atoms with E-state index in [-0.39, 0.29) is 11.3 Å². The summed E-state index contributed by atoms with van der Waals surface area (Å²) in [7, 11) is 0. The van der Waals surface area contributed by atoms with Gasteiger partial charge in [-0.3, -0.25) is 4.79 Å². The van der Waals surface area contributed by atoms with Gasteiger partial charge in [-0.05, 0) is 30.5 Å². The maximum atomic E-state index is 11.5. The molecular weight excluding hydrogens is 407 g/mol. The number of amides is 1. The summed E-state index contributed by atoms with van der Waals surface area (Å²) in [5, 5.41) is 4.47. The first-order chi connectivity index (χ1) is 14.0. The molecule has 4 nitrogen and oxygen atoms in total. The second-order valence-corrected chi connectivity index (χ2v) is 8.32. The van der Waals surface area contributed by atoms with E-state index in [1.807, 2.05) is 24.3 Å². The number of carbonyl (C=O) groups excluding carboxylic acids is 1. The molecule has 0 radical (unpaired) electrons. The monoisotopic (exact) mass is 428 g/mol. The number of nitrogens with zero attached hydrogens (tertiary/aromatic N) is 2. The van der Waals surface area contributed by atoms with E-state index in [0.717, 1.165) is 34.1 Å². The third kappa shape index (κ3) is 4.19. The van der Waals surface area contributed by atoms with Crippen LogP contribution >= 0.6 is 23.4 Å². The van der Waals surface area contributed by atoms with E-state index in [9.17, 15) is 4.79 Å². The van der Waals surface area contributed by atoms with Crippen molar-refractivity contribution < 1.29 is 9.32 Å². The maximum absolute atomic E-state index is 11.5. The number of halogens is 2. The molecule has 2 atom stereocenters. The average Bonchev–Trinajstić information content (AvgIpc) is 3.24. The molecule has 0 spiro atoms. The fraction of sp³-hybridized carbons (Fsp3) is 0.304. The molecular formula is C23H22Cl2N2O2. The maximum Gasteiger partial charge on any atom is 0.238 e. The number of rotatable bonds is 4. The summed E-state index contributed by atoms with van der Waals surface area (Å²) in [4.78, 5) is 11.5. The molecule has 1 heterocycles. The molecule has 1 aromatic heterocycles. The molecule has 1 fully saturated rings. The molecule has 1 saturated carbocycles. The van der Waals surface area contributed by atoms with E-state index in [4.69, 9.17) is 27.9 Å². The molecule has 0 bridgehead atoms. The van der Waals surface area contributed by atoms with Crippen LogP contribution in [-0.4, -0.2) is 16.4 Å². The summed E-state index contributed by atoms with van der Waals surface area (Å²) in [5.74, 6) is 0.695. The molecule has 1 aliphatic carbocycles. The minimum atomic E-state index is -0.251.